The van der Waals surface area contributed by atoms with Gasteiger partial charge in [0.2, 0.25) is 0 Å². The van der Waals surface area contributed by atoms with Crippen LogP contribution in [-0.2, 0) is 13.1 Å². The van der Waals surface area contributed by atoms with Gasteiger partial charge in [-0.25, -0.2) is 0 Å². The topological polar surface area (TPSA) is 35.5 Å². The van der Waals surface area contributed by atoms with Crippen molar-refractivity contribution in [3.8, 4) is 0 Å². The van der Waals surface area contributed by atoms with E-state index >= 15 is 0 Å². The van der Waals surface area contributed by atoms with E-state index in [1.165, 1.54) is 22.4 Å². The Kier molecular flexibility index (Phi) is 5.31. The van der Waals surface area contributed by atoms with Crippen LogP contribution in [0.25, 0.3) is 0 Å². The molecule has 1 aliphatic rings. The Labute approximate surface area is 139 Å². The monoisotopic (exact) mass is 310 g/mol. The third kappa shape index (κ3) is 4.34. The summed E-state index contributed by atoms with van der Waals surface area (Å²) in [5.74, 6) is 0. The Balaban J connectivity index is 1.65. The summed E-state index contributed by atoms with van der Waals surface area (Å²) in [6, 6.07) is 17.1. The quantitative estimate of drug-likeness (QED) is 0.886. The second kappa shape index (κ2) is 7.62. The second-order valence-electron chi connectivity index (χ2n) is 6.44. The molecule has 0 radical (unpaired) electrons. The van der Waals surface area contributed by atoms with Gasteiger partial charge in [-0.2, -0.15) is 0 Å². The molecule has 3 nitrogen and oxygen atoms in total. The summed E-state index contributed by atoms with van der Waals surface area (Å²) in [6.07, 6.45) is 1.66. The lowest BCUT2D eigenvalue weighted by atomic mass is 10.1. The lowest BCUT2D eigenvalue weighted by Gasteiger charge is -2.30. The molecule has 2 N–H and O–H groups in total. The van der Waals surface area contributed by atoms with E-state index < -0.39 is 0 Å². The smallest absolute Gasteiger partial charge is 0.0564 e. The fourth-order valence-electron chi connectivity index (χ4n) is 3.15. The molecule has 0 unspecified atom stereocenters. The average Bonchev–Trinajstić information content (AvgIpc) is 2.57. The highest BCUT2D eigenvalue weighted by Crippen LogP contribution is 2.21. The third-order valence-corrected chi connectivity index (χ3v) is 4.70. The first-order chi connectivity index (χ1) is 11.2. The minimum absolute atomic E-state index is 0.110. The summed E-state index contributed by atoms with van der Waals surface area (Å²) >= 11 is 0. The first-order valence-electron chi connectivity index (χ1n) is 8.49. The maximum absolute atomic E-state index is 9.64. The molecule has 3 heteroatoms. The summed E-state index contributed by atoms with van der Waals surface area (Å²) in [5, 5.41) is 13.2. The zero-order valence-electron chi connectivity index (χ0n) is 13.8. The van der Waals surface area contributed by atoms with Gasteiger partial charge in [0.15, 0.2) is 0 Å². The molecule has 1 fully saturated rings. The Morgan fingerprint density at radius 2 is 1.65 bits per heavy atom. The van der Waals surface area contributed by atoms with Crippen LogP contribution in [0.1, 0.15) is 29.5 Å². The summed E-state index contributed by atoms with van der Waals surface area (Å²) < 4.78 is 0. The molecular formula is C20H26N2O. The molecule has 0 bridgehead atoms. The van der Waals surface area contributed by atoms with Crippen LogP contribution >= 0.6 is 0 Å². The van der Waals surface area contributed by atoms with Crippen LogP contribution in [0.2, 0.25) is 0 Å². The number of para-hydroxylation sites is 1. The van der Waals surface area contributed by atoms with E-state index in [0.717, 1.165) is 39.0 Å². The van der Waals surface area contributed by atoms with Gasteiger partial charge < -0.3 is 10.4 Å². The summed E-state index contributed by atoms with van der Waals surface area (Å²) in [7, 11) is 0. The van der Waals surface area contributed by atoms with E-state index in [-0.39, 0.29) is 6.10 Å². The number of nitrogens with one attached hydrogen (secondary N) is 1. The van der Waals surface area contributed by atoms with Gasteiger partial charge >= 0.3 is 0 Å². The predicted molar refractivity (Wildman–Crippen MR) is 95.5 cm³/mol. The molecule has 1 aliphatic heterocycles. The Hall–Kier alpha value is -1.84. The number of aliphatic hydroxyl groups excluding tert-OH is 1. The Morgan fingerprint density at radius 1 is 1.00 bits per heavy atom. The number of aliphatic hydroxyl groups is 1. The van der Waals surface area contributed by atoms with Crippen LogP contribution < -0.4 is 5.32 Å². The summed E-state index contributed by atoms with van der Waals surface area (Å²) in [4.78, 5) is 2.43. The molecular weight excluding hydrogens is 284 g/mol. The SMILES string of the molecule is Cc1ccccc1CNc1ccccc1CN1CCC(O)CC1. The number of piperidine rings is 1. The Bertz CT molecular complexity index is 633. The zero-order valence-corrected chi connectivity index (χ0v) is 13.8. The number of nitrogens with zero attached hydrogens (tertiary/aromatic N) is 1. The maximum Gasteiger partial charge on any atom is 0.0564 e. The molecule has 0 saturated carbocycles. The molecule has 0 aliphatic carbocycles. The van der Waals surface area contributed by atoms with Crippen LogP contribution in [0.3, 0.4) is 0 Å². The molecule has 23 heavy (non-hydrogen) atoms. The van der Waals surface area contributed by atoms with Gasteiger partial charge in [0.1, 0.15) is 0 Å². The summed E-state index contributed by atoms with van der Waals surface area (Å²) in [6.45, 7) is 5.91. The molecule has 0 spiro atoms. The van der Waals surface area contributed by atoms with Crippen LogP contribution in [0.15, 0.2) is 48.5 Å². The van der Waals surface area contributed by atoms with Crippen molar-refractivity contribution in [3.05, 3.63) is 65.2 Å². The lowest BCUT2D eigenvalue weighted by molar-refractivity contribution is 0.0793. The van der Waals surface area contributed by atoms with Crippen molar-refractivity contribution >= 4 is 5.69 Å². The van der Waals surface area contributed by atoms with Crippen LogP contribution in [-0.4, -0.2) is 29.2 Å². The zero-order chi connectivity index (χ0) is 16.1. The van der Waals surface area contributed by atoms with E-state index in [1.807, 2.05) is 0 Å². The minimum atomic E-state index is -0.110. The van der Waals surface area contributed by atoms with E-state index in [2.05, 4.69) is 65.7 Å². The maximum atomic E-state index is 9.64. The molecule has 0 atom stereocenters. The van der Waals surface area contributed by atoms with E-state index in [4.69, 9.17) is 0 Å². The van der Waals surface area contributed by atoms with E-state index in [0.29, 0.717) is 0 Å². The highest BCUT2D eigenvalue weighted by atomic mass is 16.3. The fraction of sp³-hybridized carbons (Fsp3) is 0.400. The number of aryl methyl sites for hydroxylation is 1. The highest BCUT2D eigenvalue weighted by molar-refractivity contribution is 5.51. The van der Waals surface area contributed by atoms with Crippen molar-refractivity contribution in [1.82, 2.24) is 4.90 Å². The third-order valence-electron chi connectivity index (χ3n) is 4.70. The lowest BCUT2D eigenvalue weighted by Crippen LogP contribution is -2.35. The van der Waals surface area contributed by atoms with Crippen LogP contribution in [0, 0.1) is 6.92 Å². The average molecular weight is 310 g/mol. The number of hydrogen-bond acceptors (Lipinski definition) is 3. The first-order valence-corrected chi connectivity index (χ1v) is 8.49. The Morgan fingerprint density at radius 3 is 2.39 bits per heavy atom. The molecule has 1 heterocycles. The van der Waals surface area contributed by atoms with Crippen LogP contribution in [0.4, 0.5) is 5.69 Å². The van der Waals surface area contributed by atoms with E-state index in [9.17, 15) is 5.11 Å². The molecule has 0 amide bonds. The highest BCUT2D eigenvalue weighted by Gasteiger charge is 2.17. The van der Waals surface area contributed by atoms with Gasteiger partial charge in [0.05, 0.1) is 6.10 Å². The molecule has 122 valence electrons. The molecule has 1 saturated heterocycles. The summed E-state index contributed by atoms with van der Waals surface area (Å²) in [5.41, 5.74) is 5.20. The van der Waals surface area contributed by atoms with Gasteiger partial charge in [0.25, 0.3) is 0 Å². The van der Waals surface area contributed by atoms with Crippen molar-refractivity contribution in [2.75, 3.05) is 18.4 Å². The second-order valence-corrected chi connectivity index (χ2v) is 6.44. The van der Waals surface area contributed by atoms with Gasteiger partial charge in [0, 0.05) is 31.9 Å². The molecule has 2 aromatic rings. The normalized spacial score (nSPS) is 16.4. The standard InChI is InChI=1S/C20H26N2O/c1-16-6-2-3-7-17(16)14-21-20-9-5-4-8-18(20)15-22-12-10-19(23)11-13-22/h2-9,19,21,23H,10-15H2,1H3. The largest absolute Gasteiger partial charge is 0.393 e. The van der Waals surface area contributed by atoms with Crippen molar-refractivity contribution in [1.29, 1.82) is 0 Å². The number of benzene rings is 2. The van der Waals surface area contributed by atoms with Crippen molar-refractivity contribution in [2.24, 2.45) is 0 Å². The minimum Gasteiger partial charge on any atom is -0.393 e. The molecule has 0 aromatic heterocycles. The van der Waals surface area contributed by atoms with Crippen molar-refractivity contribution in [2.45, 2.75) is 39.0 Å². The van der Waals surface area contributed by atoms with Gasteiger partial charge in [-0.1, -0.05) is 42.5 Å². The predicted octanol–water partition coefficient (Wildman–Crippen LogP) is 3.56. The number of anilines is 1. The number of hydrogen-bond donors (Lipinski definition) is 2. The van der Waals surface area contributed by atoms with Gasteiger partial charge in [-0.15, -0.1) is 0 Å². The van der Waals surface area contributed by atoms with E-state index in [1.54, 1.807) is 0 Å². The van der Waals surface area contributed by atoms with Crippen molar-refractivity contribution in [3.63, 3.8) is 0 Å². The molecule has 2 aromatic carbocycles. The van der Waals surface area contributed by atoms with Crippen LogP contribution in [0.5, 0.6) is 0 Å². The molecule has 3 rings (SSSR count). The number of likely N-dealkylation sites (tertiary alicyclic amines) is 1. The first kappa shape index (κ1) is 16.0. The van der Waals surface area contributed by atoms with Gasteiger partial charge in [-0.05, 0) is 42.5 Å². The number of rotatable bonds is 5. The van der Waals surface area contributed by atoms with Gasteiger partial charge in [-0.3, -0.25) is 4.90 Å². The fourth-order valence-corrected chi connectivity index (χ4v) is 3.15. The van der Waals surface area contributed by atoms with Crippen molar-refractivity contribution < 1.29 is 5.11 Å².